The number of carbonyl (C=O) groups excluding carboxylic acids is 1. The molecule has 0 unspecified atom stereocenters. The van der Waals surface area contributed by atoms with Crippen molar-refractivity contribution in [1.82, 2.24) is 19.5 Å². The van der Waals surface area contributed by atoms with Gasteiger partial charge in [-0.3, -0.25) is 9.36 Å². The molecule has 0 amide bonds. The summed E-state index contributed by atoms with van der Waals surface area (Å²) in [6.07, 6.45) is 3.70. The van der Waals surface area contributed by atoms with Crippen LogP contribution in [0.2, 0.25) is 0 Å². The number of para-hydroxylation sites is 1. The van der Waals surface area contributed by atoms with E-state index in [0.29, 0.717) is 34.0 Å². The third-order valence-corrected chi connectivity index (χ3v) is 5.92. The van der Waals surface area contributed by atoms with Crippen LogP contribution >= 0.6 is 11.8 Å². The van der Waals surface area contributed by atoms with Crippen molar-refractivity contribution in [2.75, 3.05) is 7.11 Å². The molecule has 158 valence electrons. The smallest absolute Gasteiger partial charge is 0.337 e. The van der Waals surface area contributed by atoms with Gasteiger partial charge in [-0.1, -0.05) is 43.8 Å². The number of rotatable bonds is 6. The molecular weight excluding hydrogens is 412 g/mol. The SMILES string of the molecule is COC(=O)c1ccc2c(=O)[nH]c(CSc3nccn3-c3ccccc3C(C)C)nc2c1. The monoisotopic (exact) mass is 434 g/mol. The minimum absolute atomic E-state index is 0.245. The van der Waals surface area contributed by atoms with Gasteiger partial charge in [0.05, 0.1) is 35.0 Å². The third kappa shape index (κ3) is 4.25. The fraction of sp³-hybridized carbons (Fsp3) is 0.217. The van der Waals surface area contributed by atoms with Crippen LogP contribution in [0.1, 0.15) is 41.5 Å². The molecule has 0 aliphatic heterocycles. The molecule has 0 fully saturated rings. The molecule has 0 saturated carbocycles. The standard InChI is InChI=1S/C23H22N4O3S/c1-14(2)16-6-4-5-7-19(16)27-11-10-24-23(27)31-13-20-25-18-12-15(22(29)30-3)8-9-17(18)21(28)26-20/h4-12,14H,13H2,1-3H3,(H,25,26,28). The van der Waals surface area contributed by atoms with E-state index in [4.69, 9.17) is 4.74 Å². The summed E-state index contributed by atoms with van der Waals surface area (Å²) >= 11 is 1.48. The Labute approximate surface area is 183 Å². The average Bonchev–Trinajstić information content (AvgIpc) is 3.25. The Morgan fingerprint density at radius 3 is 2.81 bits per heavy atom. The maximum absolute atomic E-state index is 12.5. The molecule has 0 saturated heterocycles. The predicted molar refractivity (Wildman–Crippen MR) is 121 cm³/mol. The number of benzene rings is 2. The topological polar surface area (TPSA) is 89.9 Å². The van der Waals surface area contributed by atoms with Crippen LogP contribution in [0.15, 0.2) is 64.8 Å². The van der Waals surface area contributed by atoms with Gasteiger partial charge in [0.2, 0.25) is 0 Å². The van der Waals surface area contributed by atoms with E-state index >= 15 is 0 Å². The number of ether oxygens (including phenoxy) is 1. The first-order valence-electron chi connectivity index (χ1n) is 9.84. The number of hydrogen-bond acceptors (Lipinski definition) is 6. The number of esters is 1. The van der Waals surface area contributed by atoms with E-state index in [2.05, 4.69) is 45.5 Å². The fourth-order valence-electron chi connectivity index (χ4n) is 3.41. The van der Waals surface area contributed by atoms with Gasteiger partial charge in [-0.25, -0.2) is 14.8 Å². The lowest BCUT2D eigenvalue weighted by atomic mass is 10.0. The summed E-state index contributed by atoms with van der Waals surface area (Å²) in [6, 6.07) is 13.0. The minimum Gasteiger partial charge on any atom is -0.465 e. The highest BCUT2D eigenvalue weighted by Gasteiger charge is 2.14. The Morgan fingerprint density at radius 1 is 1.23 bits per heavy atom. The molecule has 8 heteroatoms. The summed E-state index contributed by atoms with van der Waals surface area (Å²) in [5.41, 5.74) is 2.88. The highest BCUT2D eigenvalue weighted by atomic mass is 32.2. The molecule has 0 aliphatic rings. The van der Waals surface area contributed by atoms with E-state index in [1.807, 2.05) is 18.3 Å². The summed E-state index contributed by atoms with van der Waals surface area (Å²) in [4.78, 5) is 36.1. The van der Waals surface area contributed by atoms with Gasteiger partial charge in [-0.05, 0) is 35.7 Å². The Bertz CT molecular complexity index is 1310. The maximum Gasteiger partial charge on any atom is 0.337 e. The zero-order valence-corrected chi connectivity index (χ0v) is 18.3. The van der Waals surface area contributed by atoms with E-state index < -0.39 is 5.97 Å². The number of imidazole rings is 1. The molecule has 7 nitrogen and oxygen atoms in total. The Hall–Kier alpha value is -3.39. The summed E-state index contributed by atoms with van der Waals surface area (Å²) in [5, 5.41) is 1.23. The van der Waals surface area contributed by atoms with Crippen LogP contribution in [0.3, 0.4) is 0 Å². The first-order chi connectivity index (χ1) is 15.0. The molecule has 0 bridgehead atoms. The summed E-state index contributed by atoms with van der Waals surface area (Å²) in [7, 11) is 1.32. The molecule has 0 radical (unpaired) electrons. The van der Waals surface area contributed by atoms with Gasteiger partial charge in [0.1, 0.15) is 5.82 Å². The number of nitrogens with zero attached hydrogens (tertiary/aromatic N) is 3. The molecular formula is C23H22N4O3S. The molecule has 2 aromatic heterocycles. The number of carbonyl (C=O) groups is 1. The molecule has 2 heterocycles. The van der Waals surface area contributed by atoms with Crippen molar-refractivity contribution >= 4 is 28.6 Å². The number of fused-ring (bicyclic) bond motifs is 1. The van der Waals surface area contributed by atoms with Crippen LogP contribution in [0.4, 0.5) is 0 Å². The molecule has 4 rings (SSSR count). The predicted octanol–water partition coefficient (Wildman–Crippen LogP) is 4.31. The molecule has 0 atom stereocenters. The number of nitrogens with one attached hydrogen (secondary N) is 1. The molecule has 0 spiro atoms. The van der Waals surface area contributed by atoms with E-state index in [-0.39, 0.29) is 5.56 Å². The normalized spacial score (nSPS) is 11.2. The summed E-state index contributed by atoms with van der Waals surface area (Å²) < 4.78 is 6.81. The largest absolute Gasteiger partial charge is 0.465 e. The number of aromatic nitrogens is 4. The molecule has 1 N–H and O–H groups in total. The van der Waals surface area contributed by atoms with Crippen LogP contribution in [0, 0.1) is 0 Å². The molecule has 31 heavy (non-hydrogen) atoms. The van der Waals surface area contributed by atoms with Crippen molar-refractivity contribution in [2.45, 2.75) is 30.7 Å². The Morgan fingerprint density at radius 2 is 2.03 bits per heavy atom. The van der Waals surface area contributed by atoms with Crippen LogP contribution < -0.4 is 5.56 Å². The van der Waals surface area contributed by atoms with Gasteiger partial charge >= 0.3 is 5.97 Å². The van der Waals surface area contributed by atoms with Gasteiger partial charge in [0.15, 0.2) is 5.16 Å². The van der Waals surface area contributed by atoms with Gasteiger partial charge in [-0.15, -0.1) is 0 Å². The first kappa shape index (κ1) is 20.9. The van der Waals surface area contributed by atoms with Crippen LogP contribution in [-0.4, -0.2) is 32.6 Å². The van der Waals surface area contributed by atoms with Gasteiger partial charge in [0, 0.05) is 12.4 Å². The highest BCUT2D eigenvalue weighted by Crippen LogP contribution is 2.28. The molecule has 2 aromatic carbocycles. The summed E-state index contributed by atoms with van der Waals surface area (Å²) in [6.45, 7) is 4.32. The summed E-state index contributed by atoms with van der Waals surface area (Å²) in [5.74, 6) is 0.843. The van der Waals surface area contributed by atoms with Crippen LogP contribution in [-0.2, 0) is 10.5 Å². The second kappa shape index (κ2) is 8.77. The van der Waals surface area contributed by atoms with E-state index in [1.165, 1.54) is 24.4 Å². The number of aromatic amines is 1. The van der Waals surface area contributed by atoms with E-state index in [9.17, 15) is 9.59 Å². The lowest BCUT2D eigenvalue weighted by Crippen LogP contribution is -2.12. The number of H-pyrrole nitrogens is 1. The van der Waals surface area contributed by atoms with Crippen molar-refractivity contribution < 1.29 is 9.53 Å². The molecule has 0 aliphatic carbocycles. The zero-order valence-electron chi connectivity index (χ0n) is 17.5. The fourth-order valence-corrected chi connectivity index (χ4v) is 4.25. The van der Waals surface area contributed by atoms with Crippen molar-refractivity contribution in [3.05, 3.63) is 82.2 Å². The van der Waals surface area contributed by atoms with Crippen LogP contribution in [0.5, 0.6) is 0 Å². The molecule has 4 aromatic rings. The first-order valence-corrected chi connectivity index (χ1v) is 10.8. The number of methoxy groups -OCH3 is 1. The van der Waals surface area contributed by atoms with Crippen molar-refractivity contribution in [3.8, 4) is 5.69 Å². The quantitative estimate of drug-likeness (QED) is 0.359. The minimum atomic E-state index is -0.467. The van der Waals surface area contributed by atoms with E-state index in [0.717, 1.165) is 10.8 Å². The zero-order chi connectivity index (χ0) is 22.0. The maximum atomic E-state index is 12.5. The van der Waals surface area contributed by atoms with Crippen molar-refractivity contribution in [2.24, 2.45) is 0 Å². The Balaban J connectivity index is 1.63. The van der Waals surface area contributed by atoms with Gasteiger partial charge in [-0.2, -0.15) is 0 Å². The van der Waals surface area contributed by atoms with Crippen LogP contribution in [0.25, 0.3) is 16.6 Å². The average molecular weight is 435 g/mol. The van der Waals surface area contributed by atoms with Gasteiger partial charge in [0.25, 0.3) is 5.56 Å². The van der Waals surface area contributed by atoms with Gasteiger partial charge < -0.3 is 9.72 Å². The number of thioether (sulfide) groups is 1. The second-order valence-corrected chi connectivity index (χ2v) is 8.26. The highest BCUT2D eigenvalue weighted by molar-refractivity contribution is 7.98. The number of hydrogen-bond donors (Lipinski definition) is 1. The van der Waals surface area contributed by atoms with Crippen molar-refractivity contribution in [3.63, 3.8) is 0 Å². The second-order valence-electron chi connectivity index (χ2n) is 7.32. The lowest BCUT2D eigenvalue weighted by Gasteiger charge is -2.15. The Kier molecular flexibility index (Phi) is 5.90. The third-order valence-electron chi connectivity index (χ3n) is 4.94. The van der Waals surface area contributed by atoms with Crippen molar-refractivity contribution in [1.29, 1.82) is 0 Å². The van der Waals surface area contributed by atoms with E-state index in [1.54, 1.807) is 24.4 Å². The lowest BCUT2D eigenvalue weighted by molar-refractivity contribution is 0.0601.